The molecule has 0 saturated carbocycles. The van der Waals surface area contributed by atoms with Crippen molar-refractivity contribution in [1.82, 2.24) is 4.98 Å². The van der Waals surface area contributed by atoms with Gasteiger partial charge >= 0.3 is 11.7 Å². The van der Waals surface area contributed by atoms with Gasteiger partial charge in [-0.15, -0.1) is 11.8 Å². The Labute approximate surface area is 114 Å². The molecule has 0 radical (unpaired) electrons. The molecule has 0 N–H and O–H groups in total. The van der Waals surface area contributed by atoms with Crippen molar-refractivity contribution in [2.24, 2.45) is 0 Å². The number of fused-ring (bicyclic) bond motifs is 1. The molecule has 100 valence electrons. The van der Waals surface area contributed by atoms with E-state index in [1.54, 1.807) is 18.2 Å². The van der Waals surface area contributed by atoms with Crippen LogP contribution in [0.25, 0.3) is 11.0 Å². The number of rotatable bonds is 3. The summed E-state index contributed by atoms with van der Waals surface area (Å²) in [5.74, 6) is -1.26. The van der Waals surface area contributed by atoms with Crippen LogP contribution in [0.3, 0.4) is 0 Å². The van der Waals surface area contributed by atoms with Crippen molar-refractivity contribution in [2.45, 2.75) is 24.1 Å². The number of thioether (sulfide) groups is 1. The van der Waals surface area contributed by atoms with Crippen molar-refractivity contribution in [3.05, 3.63) is 34.3 Å². The van der Waals surface area contributed by atoms with Crippen LogP contribution >= 0.6 is 11.8 Å². The molecule has 0 aliphatic heterocycles. The summed E-state index contributed by atoms with van der Waals surface area (Å²) in [5, 5.41) is 1.47. The number of hydrogen-bond acceptors (Lipinski definition) is 6. The van der Waals surface area contributed by atoms with Gasteiger partial charge < -0.3 is 9.15 Å². The van der Waals surface area contributed by atoms with Crippen LogP contribution in [0.5, 0.6) is 0 Å². The largest absolute Gasteiger partial charge is 0.465 e. The lowest BCUT2D eigenvalue weighted by Crippen LogP contribution is -2.09. The lowest BCUT2D eigenvalue weighted by molar-refractivity contribution is 0.0601. The van der Waals surface area contributed by atoms with Gasteiger partial charge in [0, 0.05) is 5.25 Å². The van der Waals surface area contributed by atoms with Crippen LogP contribution in [-0.2, 0) is 4.74 Å². The van der Waals surface area contributed by atoms with Crippen molar-refractivity contribution in [2.75, 3.05) is 7.11 Å². The van der Waals surface area contributed by atoms with E-state index >= 15 is 0 Å². The summed E-state index contributed by atoms with van der Waals surface area (Å²) in [7, 11) is 1.28. The number of para-hydroxylation sites is 1. The fourth-order valence-corrected chi connectivity index (χ4v) is 2.51. The molecule has 1 heterocycles. The van der Waals surface area contributed by atoms with Gasteiger partial charge in [0.05, 0.1) is 12.5 Å². The lowest BCUT2D eigenvalue weighted by Gasteiger charge is -2.08. The van der Waals surface area contributed by atoms with E-state index in [2.05, 4.69) is 9.72 Å². The van der Waals surface area contributed by atoms with E-state index in [9.17, 15) is 9.59 Å². The third-order valence-corrected chi connectivity index (χ3v) is 3.39. The molecule has 0 saturated heterocycles. The molecule has 1 aromatic heterocycles. The SMILES string of the molecule is COC(=O)c1cccc2c(SC(C)C)nc(=O)oc12. The van der Waals surface area contributed by atoms with E-state index in [0.717, 1.165) is 0 Å². The number of nitrogens with zero attached hydrogens (tertiary/aromatic N) is 1. The van der Waals surface area contributed by atoms with Crippen LogP contribution in [0.4, 0.5) is 0 Å². The minimum Gasteiger partial charge on any atom is -0.465 e. The average Bonchev–Trinajstić information content (AvgIpc) is 2.36. The summed E-state index contributed by atoms with van der Waals surface area (Å²) in [5.41, 5.74) is 0.447. The Bertz CT molecular complexity index is 678. The summed E-state index contributed by atoms with van der Waals surface area (Å²) in [6.07, 6.45) is 0. The highest BCUT2D eigenvalue weighted by atomic mass is 32.2. The molecular weight excluding hydrogens is 266 g/mol. The highest BCUT2D eigenvalue weighted by Gasteiger charge is 2.17. The Morgan fingerprint density at radius 3 is 2.79 bits per heavy atom. The number of methoxy groups -OCH3 is 1. The van der Waals surface area contributed by atoms with E-state index in [1.807, 2.05) is 13.8 Å². The molecule has 5 nitrogen and oxygen atoms in total. The van der Waals surface area contributed by atoms with E-state index < -0.39 is 11.7 Å². The first-order valence-electron chi connectivity index (χ1n) is 5.71. The molecule has 6 heteroatoms. The zero-order valence-corrected chi connectivity index (χ0v) is 11.6. The molecular formula is C13H13NO4S. The van der Waals surface area contributed by atoms with E-state index in [0.29, 0.717) is 10.4 Å². The quantitative estimate of drug-likeness (QED) is 0.635. The van der Waals surface area contributed by atoms with Crippen LogP contribution < -0.4 is 5.76 Å². The first-order chi connectivity index (χ1) is 9.02. The van der Waals surface area contributed by atoms with Gasteiger partial charge in [-0.3, -0.25) is 0 Å². The van der Waals surface area contributed by atoms with E-state index in [4.69, 9.17) is 4.42 Å². The molecule has 0 fully saturated rings. The Morgan fingerprint density at radius 2 is 2.16 bits per heavy atom. The number of ether oxygens (including phenoxy) is 1. The first kappa shape index (κ1) is 13.6. The molecule has 1 aromatic carbocycles. The number of carbonyl (C=O) groups excluding carboxylic acids is 1. The summed E-state index contributed by atoms with van der Waals surface area (Å²) < 4.78 is 9.73. The summed E-state index contributed by atoms with van der Waals surface area (Å²) in [6, 6.07) is 5.03. The van der Waals surface area contributed by atoms with Gasteiger partial charge in [-0.25, -0.2) is 9.59 Å². The fourth-order valence-electron chi connectivity index (χ4n) is 1.65. The molecule has 19 heavy (non-hydrogen) atoms. The molecule has 2 rings (SSSR count). The zero-order valence-electron chi connectivity index (χ0n) is 10.8. The number of carbonyl (C=O) groups is 1. The Kier molecular flexibility index (Phi) is 3.90. The van der Waals surface area contributed by atoms with E-state index in [1.165, 1.54) is 18.9 Å². The first-order valence-corrected chi connectivity index (χ1v) is 6.59. The minimum atomic E-state index is -0.716. The highest BCUT2D eigenvalue weighted by molar-refractivity contribution is 8.00. The average molecular weight is 279 g/mol. The molecule has 2 aromatic rings. The van der Waals surface area contributed by atoms with Crippen LogP contribution in [-0.4, -0.2) is 23.3 Å². The standard InChI is InChI=1S/C13H13NO4S/c1-7(2)19-11-8-5-4-6-9(12(15)17-3)10(8)18-13(16)14-11/h4-7H,1-3H3. The van der Waals surface area contributed by atoms with Crippen LogP contribution in [0.1, 0.15) is 24.2 Å². The minimum absolute atomic E-state index is 0.220. The van der Waals surface area contributed by atoms with Gasteiger partial charge in [0.2, 0.25) is 0 Å². The highest BCUT2D eigenvalue weighted by Crippen LogP contribution is 2.29. The van der Waals surface area contributed by atoms with Crippen LogP contribution in [0, 0.1) is 0 Å². The maximum Gasteiger partial charge on any atom is 0.440 e. The maximum atomic E-state index is 11.7. The number of hydrogen-bond donors (Lipinski definition) is 0. The van der Waals surface area contributed by atoms with Crippen molar-refractivity contribution in [3.8, 4) is 0 Å². The molecule has 0 aliphatic carbocycles. The van der Waals surface area contributed by atoms with Crippen molar-refractivity contribution in [3.63, 3.8) is 0 Å². The molecule has 0 bridgehead atoms. The maximum absolute atomic E-state index is 11.7. The third kappa shape index (κ3) is 2.78. The fraction of sp³-hybridized carbons (Fsp3) is 0.308. The summed E-state index contributed by atoms with van der Waals surface area (Å²) >= 11 is 1.45. The lowest BCUT2D eigenvalue weighted by atomic mass is 10.1. The third-order valence-electron chi connectivity index (χ3n) is 2.38. The van der Waals surface area contributed by atoms with Gasteiger partial charge in [0.1, 0.15) is 10.6 Å². The topological polar surface area (TPSA) is 69.4 Å². The van der Waals surface area contributed by atoms with Gasteiger partial charge in [0.25, 0.3) is 0 Å². The van der Waals surface area contributed by atoms with Gasteiger partial charge in [-0.05, 0) is 12.1 Å². The summed E-state index contributed by atoms with van der Waals surface area (Å²) in [6.45, 7) is 3.99. The van der Waals surface area contributed by atoms with Gasteiger partial charge in [-0.1, -0.05) is 19.9 Å². The van der Waals surface area contributed by atoms with Crippen molar-refractivity contribution in [1.29, 1.82) is 0 Å². The predicted octanol–water partition coefficient (Wildman–Crippen LogP) is 2.48. The van der Waals surface area contributed by atoms with Gasteiger partial charge in [-0.2, -0.15) is 4.98 Å². The van der Waals surface area contributed by atoms with Crippen molar-refractivity contribution >= 4 is 28.7 Å². The molecule has 0 unspecified atom stereocenters. The number of aromatic nitrogens is 1. The van der Waals surface area contributed by atoms with Crippen LogP contribution in [0.2, 0.25) is 0 Å². The second-order valence-electron chi connectivity index (χ2n) is 4.13. The number of benzene rings is 1. The Morgan fingerprint density at radius 1 is 1.42 bits per heavy atom. The predicted molar refractivity (Wildman–Crippen MR) is 72.6 cm³/mol. The Hall–Kier alpha value is -1.82. The smallest absolute Gasteiger partial charge is 0.440 e. The second-order valence-corrected chi connectivity index (χ2v) is 5.69. The van der Waals surface area contributed by atoms with E-state index in [-0.39, 0.29) is 16.4 Å². The normalized spacial score (nSPS) is 10.9. The molecule has 0 amide bonds. The van der Waals surface area contributed by atoms with Gasteiger partial charge in [0.15, 0.2) is 5.58 Å². The Balaban J connectivity index is 2.73. The zero-order chi connectivity index (χ0) is 14.0. The van der Waals surface area contributed by atoms with Crippen LogP contribution in [0.15, 0.2) is 32.4 Å². The molecule has 0 aliphatic rings. The monoisotopic (exact) mass is 279 g/mol. The molecule has 0 spiro atoms. The summed E-state index contributed by atoms with van der Waals surface area (Å²) in [4.78, 5) is 27.0. The molecule has 0 atom stereocenters. The van der Waals surface area contributed by atoms with Crippen molar-refractivity contribution < 1.29 is 13.9 Å². The number of esters is 1. The second kappa shape index (κ2) is 5.44.